The van der Waals surface area contributed by atoms with Crippen LogP contribution in [0.2, 0.25) is 0 Å². The van der Waals surface area contributed by atoms with Gasteiger partial charge in [-0.1, -0.05) is 68.4 Å². The average Bonchev–Trinajstić information content (AvgIpc) is 3.06. The summed E-state index contributed by atoms with van der Waals surface area (Å²) in [7, 11) is 0. The molecule has 4 nitrogen and oxygen atoms in total. The minimum Gasteiger partial charge on any atom is -0.365 e. The van der Waals surface area contributed by atoms with Crippen LogP contribution in [0.15, 0.2) is 73.1 Å². The SMILES string of the molecule is CC(C)c1ccc(-c2nc3ncccn3c2NCc2ccccc2)cc1. The van der Waals surface area contributed by atoms with E-state index < -0.39 is 0 Å². The van der Waals surface area contributed by atoms with Crippen molar-refractivity contribution in [3.63, 3.8) is 0 Å². The number of anilines is 1. The van der Waals surface area contributed by atoms with E-state index in [9.17, 15) is 0 Å². The molecule has 0 bridgehead atoms. The van der Waals surface area contributed by atoms with Crippen LogP contribution in [0, 0.1) is 0 Å². The van der Waals surface area contributed by atoms with Gasteiger partial charge >= 0.3 is 0 Å². The van der Waals surface area contributed by atoms with Gasteiger partial charge in [-0.05, 0) is 23.1 Å². The third kappa shape index (κ3) is 3.18. The third-order valence-corrected chi connectivity index (χ3v) is 4.56. The number of aromatic nitrogens is 3. The van der Waals surface area contributed by atoms with Gasteiger partial charge in [-0.3, -0.25) is 4.40 Å². The van der Waals surface area contributed by atoms with E-state index in [0.717, 1.165) is 23.6 Å². The van der Waals surface area contributed by atoms with Crippen molar-refractivity contribution in [1.29, 1.82) is 0 Å². The Morgan fingerprint density at radius 1 is 0.962 bits per heavy atom. The van der Waals surface area contributed by atoms with Crippen LogP contribution in [-0.2, 0) is 6.54 Å². The molecule has 0 amide bonds. The van der Waals surface area contributed by atoms with Crippen molar-refractivity contribution in [2.45, 2.75) is 26.3 Å². The second-order valence-corrected chi connectivity index (χ2v) is 6.71. The minimum absolute atomic E-state index is 0.516. The Morgan fingerprint density at radius 2 is 1.73 bits per heavy atom. The molecule has 0 unspecified atom stereocenters. The molecule has 0 fully saturated rings. The van der Waals surface area contributed by atoms with Gasteiger partial charge in [0.25, 0.3) is 0 Å². The standard InChI is InChI=1S/C22H22N4/c1-16(2)18-9-11-19(12-10-18)20-21(24-15-17-7-4-3-5-8-17)26-14-6-13-23-22(26)25-20/h3-14,16,24H,15H2,1-2H3. The van der Waals surface area contributed by atoms with E-state index in [0.29, 0.717) is 11.7 Å². The van der Waals surface area contributed by atoms with Crippen molar-refractivity contribution in [1.82, 2.24) is 14.4 Å². The highest BCUT2D eigenvalue weighted by Gasteiger charge is 2.14. The highest BCUT2D eigenvalue weighted by Crippen LogP contribution is 2.29. The monoisotopic (exact) mass is 342 g/mol. The molecule has 0 atom stereocenters. The molecule has 0 aliphatic heterocycles. The first-order valence-corrected chi connectivity index (χ1v) is 8.93. The highest BCUT2D eigenvalue weighted by atomic mass is 15.2. The predicted molar refractivity (Wildman–Crippen MR) is 106 cm³/mol. The fourth-order valence-electron chi connectivity index (χ4n) is 3.07. The van der Waals surface area contributed by atoms with Gasteiger partial charge in [0.05, 0.1) is 0 Å². The summed E-state index contributed by atoms with van der Waals surface area (Å²) in [6.45, 7) is 5.15. The van der Waals surface area contributed by atoms with E-state index in [-0.39, 0.29) is 0 Å². The molecular formula is C22H22N4. The molecule has 0 spiro atoms. The van der Waals surface area contributed by atoms with Crippen LogP contribution in [0.1, 0.15) is 30.9 Å². The largest absolute Gasteiger partial charge is 0.365 e. The van der Waals surface area contributed by atoms with Gasteiger partial charge in [0.2, 0.25) is 5.78 Å². The van der Waals surface area contributed by atoms with E-state index >= 15 is 0 Å². The summed E-state index contributed by atoms with van der Waals surface area (Å²) in [5.74, 6) is 2.18. The van der Waals surface area contributed by atoms with Crippen LogP contribution in [-0.4, -0.2) is 14.4 Å². The van der Waals surface area contributed by atoms with Gasteiger partial charge in [-0.2, -0.15) is 0 Å². The summed E-state index contributed by atoms with van der Waals surface area (Å²) in [4.78, 5) is 9.16. The number of fused-ring (bicyclic) bond motifs is 1. The maximum Gasteiger partial charge on any atom is 0.235 e. The van der Waals surface area contributed by atoms with Gasteiger partial charge in [0.1, 0.15) is 11.5 Å². The summed E-state index contributed by atoms with van der Waals surface area (Å²) >= 11 is 0. The second kappa shape index (κ2) is 7.00. The molecular weight excluding hydrogens is 320 g/mol. The molecule has 1 N–H and O–H groups in total. The van der Waals surface area contributed by atoms with Crippen molar-refractivity contribution in [3.8, 4) is 11.3 Å². The van der Waals surface area contributed by atoms with E-state index in [1.165, 1.54) is 11.1 Å². The number of rotatable bonds is 5. The minimum atomic E-state index is 0.516. The number of nitrogens with one attached hydrogen (secondary N) is 1. The Balaban J connectivity index is 1.73. The number of nitrogens with zero attached hydrogens (tertiary/aromatic N) is 3. The van der Waals surface area contributed by atoms with Crippen molar-refractivity contribution in [3.05, 3.63) is 84.2 Å². The molecule has 0 saturated carbocycles. The first-order chi connectivity index (χ1) is 12.7. The Kier molecular flexibility index (Phi) is 4.40. The van der Waals surface area contributed by atoms with E-state index in [2.05, 4.69) is 72.7 Å². The fourth-order valence-corrected chi connectivity index (χ4v) is 3.07. The maximum atomic E-state index is 4.76. The number of imidazole rings is 1. The molecule has 4 rings (SSSR count). The molecule has 2 aromatic carbocycles. The average molecular weight is 342 g/mol. The lowest BCUT2D eigenvalue weighted by atomic mass is 10.0. The smallest absolute Gasteiger partial charge is 0.235 e. The van der Waals surface area contributed by atoms with E-state index in [1.54, 1.807) is 6.20 Å². The summed E-state index contributed by atoms with van der Waals surface area (Å²) in [5, 5.41) is 3.55. The molecule has 26 heavy (non-hydrogen) atoms. The van der Waals surface area contributed by atoms with Crippen LogP contribution in [0.4, 0.5) is 5.82 Å². The lowest BCUT2D eigenvalue weighted by Crippen LogP contribution is -2.03. The third-order valence-electron chi connectivity index (χ3n) is 4.56. The van der Waals surface area contributed by atoms with Crippen LogP contribution >= 0.6 is 0 Å². The van der Waals surface area contributed by atoms with Crippen molar-refractivity contribution >= 4 is 11.6 Å². The quantitative estimate of drug-likeness (QED) is 0.546. The van der Waals surface area contributed by atoms with Gasteiger partial charge < -0.3 is 5.32 Å². The van der Waals surface area contributed by atoms with Gasteiger partial charge in [0, 0.05) is 24.5 Å². The summed E-state index contributed by atoms with van der Waals surface area (Å²) in [6, 6.07) is 20.9. The zero-order chi connectivity index (χ0) is 17.9. The van der Waals surface area contributed by atoms with E-state index in [4.69, 9.17) is 4.98 Å². The number of benzene rings is 2. The van der Waals surface area contributed by atoms with Crippen molar-refractivity contribution < 1.29 is 0 Å². The van der Waals surface area contributed by atoms with Gasteiger partial charge in [-0.25, -0.2) is 9.97 Å². The first-order valence-electron chi connectivity index (χ1n) is 8.93. The Labute approximate surface area is 153 Å². The van der Waals surface area contributed by atoms with Gasteiger partial charge in [-0.15, -0.1) is 0 Å². The molecule has 4 aromatic rings. The molecule has 2 heterocycles. The zero-order valence-electron chi connectivity index (χ0n) is 15.1. The summed E-state index contributed by atoms with van der Waals surface area (Å²) in [5.41, 5.74) is 4.58. The predicted octanol–water partition coefficient (Wildman–Crippen LogP) is 5.13. The fraction of sp³-hybridized carbons (Fsp3) is 0.182. The molecule has 0 radical (unpaired) electrons. The molecule has 0 aliphatic rings. The lowest BCUT2D eigenvalue weighted by Gasteiger charge is -2.10. The Bertz CT molecular complexity index is 1000. The molecule has 4 heteroatoms. The van der Waals surface area contributed by atoms with Crippen LogP contribution in [0.3, 0.4) is 0 Å². The Morgan fingerprint density at radius 3 is 2.46 bits per heavy atom. The van der Waals surface area contributed by atoms with Crippen LogP contribution in [0.5, 0.6) is 0 Å². The maximum absolute atomic E-state index is 4.76. The normalized spacial score (nSPS) is 11.2. The molecule has 130 valence electrons. The summed E-state index contributed by atoms with van der Waals surface area (Å²) in [6.07, 6.45) is 3.77. The first kappa shape index (κ1) is 16.3. The van der Waals surface area contributed by atoms with Crippen molar-refractivity contribution in [2.24, 2.45) is 0 Å². The summed E-state index contributed by atoms with van der Waals surface area (Å²) < 4.78 is 2.01. The van der Waals surface area contributed by atoms with Crippen LogP contribution < -0.4 is 5.32 Å². The van der Waals surface area contributed by atoms with Crippen molar-refractivity contribution in [2.75, 3.05) is 5.32 Å². The number of hydrogen-bond donors (Lipinski definition) is 1. The number of hydrogen-bond acceptors (Lipinski definition) is 3. The molecule has 0 saturated heterocycles. The zero-order valence-corrected chi connectivity index (χ0v) is 15.1. The van der Waals surface area contributed by atoms with Gasteiger partial charge in [0.15, 0.2) is 0 Å². The second-order valence-electron chi connectivity index (χ2n) is 6.71. The molecule has 2 aromatic heterocycles. The van der Waals surface area contributed by atoms with Crippen LogP contribution in [0.25, 0.3) is 17.0 Å². The lowest BCUT2D eigenvalue weighted by molar-refractivity contribution is 0.867. The van der Waals surface area contributed by atoms with E-state index in [1.807, 2.05) is 22.7 Å². The Hall–Kier alpha value is -3.14. The highest BCUT2D eigenvalue weighted by molar-refractivity contribution is 5.75. The molecule has 0 aliphatic carbocycles. The topological polar surface area (TPSA) is 42.2 Å².